The third-order valence-corrected chi connectivity index (χ3v) is 5.17. The van der Waals surface area contributed by atoms with Crippen LogP contribution in [0.4, 0.5) is 10.1 Å². The first-order valence-electron chi connectivity index (χ1n) is 9.54. The van der Waals surface area contributed by atoms with Crippen LogP contribution in [0.2, 0.25) is 0 Å². The van der Waals surface area contributed by atoms with Gasteiger partial charge in [-0.25, -0.2) is 4.39 Å². The third kappa shape index (κ3) is 4.17. The van der Waals surface area contributed by atoms with Gasteiger partial charge in [0.15, 0.2) is 17.3 Å². The van der Waals surface area contributed by atoms with E-state index < -0.39 is 5.82 Å². The van der Waals surface area contributed by atoms with E-state index in [1.807, 2.05) is 4.90 Å². The van der Waals surface area contributed by atoms with Crippen LogP contribution in [-0.4, -0.2) is 64.1 Å². The maximum absolute atomic E-state index is 14.4. The highest BCUT2D eigenvalue weighted by Crippen LogP contribution is 2.38. The number of halogens is 1. The lowest BCUT2D eigenvalue weighted by Gasteiger charge is -2.36. The molecule has 1 aliphatic rings. The quantitative estimate of drug-likeness (QED) is 0.675. The number of hydrogen-bond donors (Lipinski definition) is 0. The Hall–Kier alpha value is -3.29. The molecule has 1 aliphatic heterocycles. The molecule has 0 aromatic heterocycles. The smallest absolute Gasteiger partial charge is 0.254 e. The van der Waals surface area contributed by atoms with E-state index in [4.69, 9.17) is 14.2 Å². The molecule has 0 unspecified atom stereocenters. The molecule has 30 heavy (non-hydrogen) atoms. The predicted molar refractivity (Wildman–Crippen MR) is 111 cm³/mol. The largest absolute Gasteiger partial charge is 0.493 e. The Morgan fingerprint density at radius 2 is 1.47 bits per heavy atom. The van der Waals surface area contributed by atoms with Gasteiger partial charge >= 0.3 is 0 Å². The summed E-state index contributed by atoms with van der Waals surface area (Å²) in [5.74, 6) is 0.457. The Labute approximate surface area is 174 Å². The van der Waals surface area contributed by atoms with E-state index in [1.165, 1.54) is 34.3 Å². The summed E-state index contributed by atoms with van der Waals surface area (Å²) in [5, 5.41) is 0. The summed E-state index contributed by atoms with van der Waals surface area (Å²) >= 11 is 0. The number of anilines is 1. The van der Waals surface area contributed by atoms with Gasteiger partial charge in [0.1, 0.15) is 5.82 Å². The molecule has 0 radical (unpaired) electrons. The number of carbonyl (C=O) groups is 2. The molecule has 0 spiro atoms. The molecule has 3 rings (SSSR count). The van der Waals surface area contributed by atoms with Gasteiger partial charge in [0.05, 0.1) is 27.0 Å². The van der Waals surface area contributed by atoms with Crippen LogP contribution in [0.25, 0.3) is 0 Å². The average molecular weight is 416 g/mol. The van der Waals surface area contributed by atoms with Crippen LogP contribution in [0.3, 0.4) is 0 Å². The molecule has 1 saturated heterocycles. The molecule has 7 nitrogen and oxygen atoms in total. The predicted octanol–water partition coefficient (Wildman–Crippen LogP) is 3.02. The molecule has 2 aromatic rings. The van der Waals surface area contributed by atoms with Crippen LogP contribution in [0, 0.1) is 5.82 Å². The molecular weight excluding hydrogens is 391 g/mol. The number of ether oxygens (including phenoxy) is 3. The molecule has 0 atom stereocenters. The van der Waals surface area contributed by atoms with Gasteiger partial charge in [-0.3, -0.25) is 9.59 Å². The topological polar surface area (TPSA) is 68.3 Å². The molecule has 160 valence electrons. The zero-order valence-electron chi connectivity index (χ0n) is 17.5. The first kappa shape index (κ1) is 21.4. The summed E-state index contributed by atoms with van der Waals surface area (Å²) in [6.07, 6.45) is 0. The van der Waals surface area contributed by atoms with Crippen molar-refractivity contribution in [3.05, 3.63) is 47.3 Å². The van der Waals surface area contributed by atoms with Gasteiger partial charge in [0.25, 0.3) is 5.91 Å². The second-order valence-corrected chi connectivity index (χ2v) is 6.92. The monoisotopic (exact) mass is 416 g/mol. The SMILES string of the molecule is COc1cc(C(=O)N2CCN(c3ccc(C(C)=O)cc3F)CC2)cc(OC)c1OC. The third-order valence-electron chi connectivity index (χ3n) is 5.17. The minimum atomic E-state index is -0.438. The van der Waals surface area contributed by atoms with E-state index in [0.29, 0.717) is 60.2 Å². The molecular formula is C22H25FN2O5. The number of nitrogens with zero attached hydrogens (tertiary/aromatic N) is 2. The maximum Gasteiger partial charge on any atom is 0.254 e. The Morgan fingerprint density at radius 1 is 0.867 bits per heavy atom. The van der Waals surface area contributed by atoms with Crippen molar-refractivity contribution in [3.8, 4) is 17.2 Å². The van der Waals surface area contributed by atoms with Gasteiger partial charge in [-0.2, -0.15) is 0 Å². The molecule has 1 fully saturated rings. The summed E-state index contributed by atoms with van der Waals surface area (Å²) in [4.78, 5) is 28.0. The lowest BCUT2D eigenvalue weighted by Crippen LogP contribution is -2.49. The maximum atomic E-state index is 14.4. The number of piperazine rings is 1. The van der Waals surface area contributed by atoms with Gasteiger partial charge in [-0.1, -0.05) is 0 Å². The standard InChI is InChI=1S/C22H25FN2O5/c1-14(26)15-5-6-18(17(23)11-15)24-7-9-25(10-8-24)22(27)16-12-19(28-2)21(30-4)20(13-16)29-3/h5-6,11-13H,7-10H2,1-4H3. The second-order valence-electron chi connectivity index (χ2n) is 6.92. The van der Waals surface area contributed by atoms with Crippen molar-refractivity contribution in [1.29, 1.82) is 0 Å². The number of methoxy groups -OCH3 is 3. The molecule has 1 heterocycles. The number of benzene rings is 2. The summed E-state index contributed by atoms with van der Waals surface area (Å²) in [5.41, 5.74) is 1.20. The number of hydrogen-bond acceptors (Lipinski definition) is 6. The first-order valence-corrected chi connectivity index (χ1v) is 9.54. The van der Waals surface area contributed by atoms with Crippen molar-refractivity contribution < 1.29 is 28.2 Å². The van der Waals surface area contributed by atoms with E-state index in [-0.39, 0.29) is 11.7 Å². The zero-order chi connectivity index (χ0) is 21.8. The fourth-order valence-electron chi connectivity index (χ4n) is 3.52. The van der Waals surface area contributed by atoms with Gasteiger partial charge in [0.2, 0.25) is 5.75 Å². The van der Waals surface area contributed by atoms with Crippen LogP contribution in [0.5, 0.6) is 17.2 Å². The van der Waals surface area contributed by atoms with Crippen molar-refractivity contribution in [2.75, 3.05) is 52.4 Å². The molecule has 0 N–H and O–H groups in total. The molecule has 0 saturated carbocycles. The Kier molecular flexibility index (Phi) is 6.44. The first-order chi connectivity index (χ1) is 14.4. The highest BCUT2D eigenvalue weighted by Gasteiger charge is 2.26. The Balaban J connectivity index is 1.74. The Bertz CT molecular complexity index is 930. The average Bonchev–Trinajstić information content (AvgIpc) is 2.77. The normalized spacial score (nSPS) is 13.8. The van der Waals surface area contributed by atoms with Crippen LogP contribution in [0.1, 0.15) is 27.6 Å². The lowest BCUT2D eigenvalue weighted by molar-refractivity contribution is 0.0745. The molecule has 0 aliphatic carbocycles. The van der Waals surface area contributed by atoms with Crippen molar-refractivity contribution in [2.24, 2.45) is 0 Å². The molecule has 8 heteroatoms. The number of rotatable bonds is 6. The van der Waals surface area contributed by atoms with E-state index >= 15 is 0 Å². The van der Waals surface area contributed by atoms with Gasteiger partial charge in [-0.15, -0.1) is 0 Å². The fraction of sp³-hybridized carbons (Fsp3) is 0.364. The number of Topliss-reactive ketones (excluding diaryl/α,β-unsaturated/α-hetero) is 1. The minimum Gasteiger partial charge on any atom is -0.493 e. The van der Waals surface area contributed by atoms with Crippen LogP contribution in [0.15, 0.2) is 30.3 Å². The van der Waals surface area contributed by atoms with Gasteiger partial charge in [0, 0.05) is 37.3 Å². The summed E-state index contributed by atoms with van der Waals surface area (Å²) < 4.78 is 30.4. The van der Waals surface area contributed by atoms with Crippen molar-refractivity contribution in [1.82, 2.24) is 4.90 Å². The summed E-state index contributed by atoms with van der Waals surface area (Å²) in [7, 11) is 4.50. The van der Waals surface area contributed by atoms with Crippen molar-refractivity contribution in [3.63, 3.8) is 0 Å². The molecule has 2 aromatic carbocycles. The van der Waals surface area contributed by atoms with Crippen LogP contribution in [-0.2, 0) is 0 Å². The molecule has 1 amide bonds. The van der Waals surface area contributed by atoms with Crippen molar-refractivity contribution in [2.45, 2.75) is 6.92 Å². The highest BCUT2D eigenvalue weighted by atomic mass is 19.1. The van der Waals surface area contributed by atoms with E-state index in [0.717, 1.165) is 0 Å². The zero-order valence-corrected chi connectivity index (χ0v) is 17.5. The fourth-order valence-corrected chi connectivity index (χ4v) is 3.52. The van der Waals surface area contributed by atoms with E-state index in [1.54, 1.807) is 29.2 Å². The highest BCUT2D eigenvalue weighted by molar-refractivity contribution is 5.96. The Morgan fingerprint density at radius 3 is 1.93 bits per heavy atom. The summed E-state index contributed by atoms with van der Waals surface area (Å²) in [6.45, 7) is 3.23. The van der Waals surface area contributed by atoms with E-state index in [9.17, 15) is 14.0 Å². The number of carbonyl (C=O) groups excluding carboxylic acids is 2. The van der Waals surface area contributed by atoms with Crippen LogP contribution >= 0.6 is 0 Å². The second kappa shape index (κ2) is 9.02. The summed E-state index contributed by atoms with van der Waals surface area (Å²) in [6, 6.07) is 7.73. The van der Waals surface area contributed by atoms with Crippen LogP contribution < -0.4 is 19.1 Å². The minimum absolute atomic E-state index is 0.165. The van der Waals surface area contributed by atoms with Gasteiger partial charge < -0.3 is 24.0 Å². The van der Waals surface area contributed by atoms with Gasteiger partial charge in [-0.05, 0) is 37.3 Å². The number of amides is 1. The van der Waals surface area contributed by atoms with Crippen molar-refractivity contribution >= 4 is 17.4 Å². The number of ketones is 1. The molecule has 0 bridgehead atoms. The van der Waals surface area contributed by atoms with E-state index in [2.05, 4.69) is 0 Å². The lowest BCUT2D eigenvalue weighted by atomic mass is 10.1.